The molecule has 0 atom stereocenters. The number of fused-ring (bicyclic) bond motifs is 2. The topological polar surface area (TPSA) is 57.2 Å². The van der Waals surface area contributed by atoms with E-state index in [1.54, 1.807) is 14.2 Å². The zero-order valence-corrected chi connectivity index (χ0v) is 14.2. The molecule has 6 nitrogen and oxygen atoms in total. The quantitative estimate of drug-likeness (QED) is 0.837. The first-order chi connectivity index (χ1) is 12.2. The van der Waals surface area contributed by atoms with Crippen molar-refractivity contribution in [2.24, 2.45) is 0 Å². The van der Waals surface area contributed by atoms with E-state index < -0.39 is 0 Å². The van der Waals surface area contributed by atoms with Crippen molar-refractivity contribution in [3.8, 4) is 23.0 Å². The average molecular weight is 341 g/mol. The van der Waals surface area contributed by atoms with Gasteiger partial charge in [0.2, 0.25) is 6.79 Å². The summed E-state index contributed by atoms with van der Waals surface area (Å²) >= 11 is 0. The van der Waals surface area contributed by atoms with E-state index in [0.717, 1.165) is 29.0 Å². The third kappa shape index (κ3) is 2.63. The molecule has 0 spiro atoms. The van der Waals surface area contributed by atoms with Crippen LogP contribution in [0.1, 0.15) is 21.5 Å². The lowest BCUT2D eigenvalue weighted by molar-refractivity contribution is 0.0777. The van der Waals surface area contributed by atoms with E-state index in [0.29, 0.717) is 30.2 Å². The molecule has 0 N–H and O–H groups in total. The van der Waals surface area contributed by atoms with Crippen LogP contribution in [0.25, 0.3) is 0 Å². The molecule has 6 heteroatoms. The van der Waals surface area contributed by atoms with Crippen molar-refractivity contribution in [2.45, 2.75) is 13.0 Å². The Morgan fingerprint density at radius 2 is 1.92 bits per heavy atom. The lowest BCUT2D eigenvalue weighted by atomic mass is 10.1. The molecule has 25 heavy (non-hydrogen) atoms. The van der Waals surface area contributed by atoms with Gasteiger partial charge in [-0.1, -0.05) is 12.1 Å². The molecular formula is C19H19NO5. The molecule has 4 rings (SSSR count). The highest BCUT2D eigenvalue weighted by atomic mass is 16.7. The van der Waals surface area contributed by atoms with Gasteiger partial charge < -0.3 is 23.8 Å². The lowest BCUT2D eigenvalue weighted by Crippen LogP contribution is -2.26. The van der Waals surface area contributed by atoms with Crippen molar-refractivity contribution in [2.75, 3.05) is 27.6 Å². The highest BCUT2D eigenvalue weighted by Gasteiger charge is 2.32. The van der Waals surface area contributed by atoms with E-state index in [1.165, 1.54) is 0 Å². The van der Waals surface area contributed by atoms with Gasteiger partial charge in [0.05, 0.1) is 19.8 Å². The third-order valence-corrected chi connectivity index (χ3v) is 4.60. The number of hydrogen-bond donors (Lipinski definition) is 0. The summed E-state index contributed by atoms with van der Waals surface area (Å²) in [5.41, 5.74) is 2.68. The van der Waals surface area contributed by atoms with Crippen LogP contribution in [0.4, 0.5) is 0 Å². The van der Waals surface area contributed by atoms with E-state index in [4.69, 9.17) is 18.9 Å². The molecular weight excluding hydrogens is 322 g/mol. The molecule has 2 aromatic rings. The van der Waals surface area contributed by atoms with Gasteiger partial charge in [0.25, 0.3) is 5.91 Å². The zero-order chi connectivity index (χ0) is 17.4. The molecule has 1 amide bonds. The Balaban J connectivity index is 1.50. The van der Waals surface area contributed by atoms with E-state index in [2.05, 4.69) is 0 Å². The number of methoxy groups -OCH3 is 2. The number of carbonyl (C=O) groups excluding carboxylic acids is 1. The van der Waals surface area contributed by atoms with Crippen LogP contribution in [0.15, 0.2) is 30.3 Å². The Morgan fingerprint density at radius 3 is 2.72 bits per heavy atom. The minimum absolute atomic E-state index is 0.0218. The SMILES string of the molecule is COc1ccc2c(c1OC)C(=O)N(CCc1ccc3c(c1)OCO3)C2. The molecule has 130 valence electrons. The van der Waals surface area contributed by atoms with Crippen LogP contribution in [0.3, 0.4) is 0 Å². The summed E-state index contributed by atoms with van der Waals surface area (Å²) in [6.07, 6.45) is 0.746. The lowest BCUT2D eigenvalue weighted by Gasteiger charge is -2.16. The molecule has 0 aromatic heterocycles. The first kappa shape index (κ1) is 15.6. The van der Waals surface area contributed by atoms with Crippen LogP contribution < -0.4 is 18.9 Å². The smallest absolute Gasteiger partial charge is 0.258 e. The van der Waals surface area contributed by atoms with Crippen LogP contribution in [0, 0.1) is 0 Å². The van der Waals surface area contributed by atoms with Crippen molar-refractivity contribution in [1.29, 1.82) is 0 Å². The highest BCUT2D eigenvalue weighted by Crippen LogP contribution is 2.38. The molecule has 0 saturated carbocycles. The van der Waals surface area contributed by atoms with Gasteiger partial charge in [-0.2, -0.15) is 0 Å². The highest BCUT2D eigenvalue weighted by molar-refractivity contribution is 6.01. The number of nitrogens with zero attached hydrogens (tertiary/aromatic N) is 1. The predicted molar refractivity (Wildman–Crippen MR) is 90.6 cm³/mol. The summed E-state index contributed by atoms with van der Waals surface area (Å²) in [7, 11) is 3.13. The largest absolute Gasteiger partial charge is 0.493 e. The van der Waals surface area contributed by atoms with Crippen LogP contribution in [-0.4, -0.2) is 38.4 Å². The van der Waals surface area contributed by atoms with Crippen molar-refractivity contribution in [1.82, 2.24) is 4.90 Å². The molecule has 2 aliphatic rings. The van der Waals surface area contributed by atoms with Crippen molar-refractivity contribution in [3.05, 3.63) is 47.0 Å². The predicted octanol–water partition coefficient (Wildman–Crippen LogP) is 2.63. The molecule has 2 aromatic carbocycles. The van der Waals surface area contributed by atoms with Gasteiger partial charge in [-0.3, -0.25) is 4.79 Å². The van der Waals surface area contributed by atoms with Gasteiger partial charge in [-0.15, -0.1) is 0 Å². The normalized spacial score (nSPS) is 14.6. The number of carbonyl (C=O) groups is 1. The number of rotatable bonds is 5. The third-order valence-electron chi connectivity index (χ3n) is 4.60. The molecule has 0 radical (unpaired) electrons. The number of hydrogen-bond acceptors (Lipinski definition) is 5. The first-order valence-electron chi connectivity index (χ1n) is 8.13. The van der Waals surface area contributed by atoms with Crippen molar-refractivity contribution < 1.29 is 23.7 Å². The maximum atomic E-state index is 12.8. The summed E-state index contributed by atoms with van der Waals surface area (Å²) in [5, 5.41) is 0. The van der Waals surface area contributed by atoms with E-state index in [9.17, 15) is 4.79 Å². The Labute approximate surface area is 145 Å². The van der Waals surface area contributed by atoms with Crippen molar-refractivity contribution in [3.63, 3.8) is 0 Å². The molecule has 0 aliphatic carbocycles. The maximum absolute atomic E-state index is 12.8. The molecule has 0 bridgehead atoms. The number of amides is 1. The number of ether oxygens (including phenoxy) is 4. The van der Waals surface area contributed by atoms with E-state index >= 15 is 0 Å². The van der Waals surface area contributed by atoms with Crippen LogP contribution in [0.2, 0.25) is 0 Å². The Bertz CT molecular complexity index is 833. The Hall–Kier alpha value is -2.89. The summed E-state index contributed by atoms with van der Waals surface area (Å²) in [6, 6.07) is 9.65. The molecule has 2 heterocycles. The summed E-state index contributed by atoms with van der Waals surface area (Å²) < 4.78 is 21.4. The second-order valence-electron chi connectivity index (χ2n) is 6.00. The van der Waals surface area contributed by atoms with Gasteiger partial charge in [0.1, 0.15) is 0 Å². The minimum atomic E-state index is -0.0218. The van der Waals surface area contributed by atoms with Gasteiger partial charge in [0, 0.05) is 13.1 Å². The van der Waals surface area contributed by atoms with Gasteiger partial charge in [-0.25, -0.2) is 0 Å². The van der Waals surface area contributed by atoms with Gasteiger partial charge >= 0.3 is 0 Å². The van der Waals surface area contributed by atoms with Gasteiger partial charge in [-0.05, 0) is 35.7 Å². The molecule has 0 unspecified atom stereocenters. The van der Waals surface area contributed by atoms with E-state index in [1.807, 2.05) is 35.2 Å². The Morgan fingerprint density at radius 1 is 1.08 bits per heavy atom. The first-order valence-corrected chi connectivity index (χ1v) is 8.13. The molecule has 2 aliphatic heterocycles. The van der Waals surface area contributed by atoms with Gasteiger partial charge in [0.15, 0.2) is 23.0 Å². The fourth-order valence-corrected chi connectivity index (χ4v) is 3.31. The summed E-state index contributed by atoms with van der Waals surface area (Å²) in [4.78, 5) is 14.6. The van der Waals surface area contributed by atoms with E-state index in [-0.39, 0.29) is 12.7 Å². The second-order valence-corrected chi connectivity index (χ2v) is 6.00. The minimum Gasteiger partial charge on any atom is -0.493 e. The maximum Gasteiger partial charge on any atom is 0.258 e. The van der Waals surface area contributed by atoms with Crippen LogP contribution in [0.5, 0.6) is 23.0 Å². The van der Waals surface area contributed by atoms with Crippen molar-refractivity contribution >= 4 is 5.91 Å². The second kappa shape index (κ2) is 6.20. The average Bonchev–Trinajstić information content (AvgIpc) is 3.23. The summed E-state index contributed by atoms with van der Waals surface area (Å²) in [6.45, 7) is 1.47. The standard InChI is InChI=1S/C19H19NO5/c1-22-15-6-4-13-10-20(19(21)17(13)18(15)23-2)8-7-12-3-5-14-16(9-12)25-11-24-14/h3-6,9H,7-8,10-11H2,1-2H3. The molecule has 0 saturated heterocycles. The number of benzene rings is 2. The Kier molecular flexibility index (Phi) is 3.87. The summed E-state index contributed by atoms with van der Waals surface area (Å²) in [5.74, 6) is 2.60. The fourth-order valence-electron chi connectivity index (χ4n) is 3.31. The monoisotopic (exact) mass is 341 g/mol. The fraction of sp³-hybridized carbons (Fsp3) is 0.316. The molecule has 0 fully saturated rings. The zero-order valence-electron chi connectivity index (χ0n) is 14.2. The van der Waals surface area contributed by atoms with Crippen LogP contribution >= 0.6 is 0 Å². The van der Waals surface area contributed by atoms with Crippen LogP contribution in [-0.2, 0) is 13.0 Å².